The van der Waals surface area contributed by atoms with E-state index in [9.17, 15) is 4.79 Å². The van der Waals surface area contributed by atoms with E-state index in [1.54, 1.807) is 0 Å². The Balaban J connectivity index is 3.77. The molecule has 0 aliphatic carbocycles. The van der Waals surface area contributed by atoms with Crippen LogP contribution in [0.25, 0.3) is 0 Å². The smallest absolute Gasteiger partial charge is 0.226 e. The molecule has 0 bridgehead atoms. The van der Waals surface area contributed by atoms with Crippen molar-refractivity contribution < 1.29 is 9.63 Å². The highest BCUT2D eigenvalue weighted by Gasteiger charge is 2.08. The fourth-order valence-electron chi connectivity index (χ4n) is 0.571. The summed E-state index contributed by atoms with van der Waals surface area (Å²) >= 11 is 0. The number of nitrogens with two attached hydrogens (primary N) is 1. The van der Waals surface area contributed by atoms with Gasteiger partial charge in [0.25, 0.3) is 0 Å². The summed E-state index contributed by atoms with van der Waals surface area (Å²) in [7, 11) is 0. The Morgan fingerprint density at radius 1 is 1.73 bits per heavy atom. The van der Waals surface area contributed by atoms with Crippen LogP contribution in [0.2, 0.25) is 0 Å². The number of primary amides is 1. The van der Waals surface area contributed by atoms with Crippen molar-refractivity contribution >= 4 is 12.1 Å². The Morgan fingerprint density at radius 2 is 2.36 bits per heavy atom. The fraction of sp³-hybridized carbons (Fsp3) is 0.714. The summed E-state index contributed by atoms with van der Waals surface area (Å²) in [4.78, 5) is 15.3. The van der Waals surface area contributed by atoms with Crippen LogP contribution >= 0.6 is 0 Å². The van der Waals surface area contributed by atoms with Crippen molar-refractivity contribution in [3.05, 3.63) is 0 Å². The predicted octanol–water partition coefficient (Wildman–Crippen LogP) is 0.520. The molecule has 0 aliphatic heterocycles. The van der Waals surface area contributed by atoms with Gasteiger partial charge in [0.2, 0.25) is 5.91 Å². The molecule has 1 amide bonds. The van der Waals surface area contributed by atoms with E-state index in [1.807, 2.05) is 13.8 Å². The average molecular weight is 158 g/mol. The lowest BCUT2D eigenvalue weighted by atomic mass is 10.1. The van der Waals surface area contributed by atoms with Gasteiger partial charge in [-0.1, -0.05) is 12.1 Å². The van der Waals surface area contributed by atoms with Gasteiger partial charge in [-0.25, -0.2) is 0 Å². The molecule has 2 N–H and O–H groups in total. The molecule has 0 fully saturated rings. The lowest BCUT2D eigenvalue weighted by molar-refractivity contribution is -0.119. The minimum Gasteiger partial charge on any atom is -0.396 e. The van der Waals surface area contributed by atoms with Gasteiger partial charge in [0.15, 0.2) is 0 Å². The van der Waals surface area contributed by atoms with E-state index in [4.69, 9.17) is 5.73 Å². The Bertz CT molecular complexity index is 145. The molecule has 0 aromatic heterocycles. The second kappa shape index (κ2) is 5.70. The molecule has 64 valence electrons. The molecule has 4 nitrogen and oxygen atoms in total. The van der Waals surface area contributed by atoms with Crippen molar-refractivity contribution in [3.63, 3.8) is 0 Å². The largest absolute Gasteiger partial charge is 0.396 e. The first-order valence-corrected chi connectivity index (χ1v) is 3.67. The number of carbonyl (C=O) groups excluding carboxylic acids is 1. The maximum absolute atomic E-state index is 10.6. The van der Waals surface area contributed by atoms with Crippen LogP contribution in [0, 0.1) is 5.92 Å². The van der Waals surface area contributed by atoms with E-state index in [2.05, 4.69) is 9.99 Å². The second-order valence-corrected chi connectivity index (χ2v) is 2.09. The number of amides is 1. The van der Waals surface area contributed by atoms with Crippen LogP contribution in [-0.2, 0) is 9.63 Å². The van der Waals surface area contributed by atoms with E-state index >= 15 is 0 Å². The van der Waals surface area contributed by atoms with Crippen LogP contribution in [0.4, 0.5) is 0 Å². The van der Waals surface area contributed by atoms with Crippen LogP contribution in [0.1, 0.15) is 20.3 Å². The van der Waals surface area contributed by atoms with Crippen molar-refractivity contribution in [1.29, 1.82) is 0 Å². The number of carbonyl (C=O) groups is 1. The van der Waals surface area contributed by atoms with E-state index in [0.29, 0.717) is 13.0 Å². The number of hydrogen-bond acceptors (Lipinski definition) is 3. The maximum atomic E-state index is 10.6. The quantitative estimate of drug-likeness (QED) is 0.468. The standard InChI is InChI=1S/C7H14N2O2/c1-3-6(7(8)10)5-9-11-4-2/h5-6H,3-4H2,1-2H3,(H2,8,10)/b9-5+. The lowest BCUT2D eigenvalue weighted by Gasteiger charge is -2.01. The Labute approximate surface area is 66.4 Å². The van der Waals surface area contributed by atoms with Gasteiger partial charge in [-0.2, -0.15) is 0 Å². The first-order chi connectivity index (χ1) is 5.22. The summed E-state index contributed by atoms with van der Waals surface area (Å²) in [6, 6.07) is 0. The molecule has 0 aliphatic rings. The van der Waals surface area contributed by atoms with Gasteiger partial charge < -0.3 is 10.6 Å². The van der Waals surface area contributed by atoms with Crippen molar-refractivity contribution in [2.75, 3.05) is 6.61 Å². The highest BCUT2D eigenvalue weighted by atomic mass is 16.6. The minimum absolute atomic E-state index is 0.304. The van der Waals surface area contributed by atoms with Gasteiger partial charge in [-0.3, -0.25) is 4.79 Å². The second-order valence-electron chi connectivity index (χ2n) is 2.09. The van der Waals surface area contributed by atoms with Gasteiger partial charge in [0, 0.05) is 0 Å². The Morgan fingerprint density at radius 3 is 2.73 bits per heavy atom. The Kier molecular flexibility index (Phi) is 5.15. The summed E-state index contributed by atoms with van der Waals surface area (Å²) in [5, 5.41) is 3.56. The third-order valence-electron chi connectivity index (χ3n) is 1.25. The molecule has 0 heterocycles. The predicted molar refractivity (Wildman–Crippen MR) is 43.1 cm³/mol. The number of rotatable bonds is 5. The molecule has 0 radical (unpaired) electrons. The van der Waals surface area contributed by atoms with Crippen LogP contribution in [0.3, 0.4) is 0 Å². The van der Waals surface area contributed by atoms with Crippen molar-refractivity contribution in [3.8, 4) is 0 Å². The average Bonchev–Trinajstić information content (AvgIpc) is 1.97. The highest BCUT2D eigenvalue weighted by Crippen LogP contribution is 1.96. The summed E-state index contributed by atoms with van der Waals surface area (Å²) in [6.45, 7) is 4.20. The zero-order valence-corrected chi connectivity index (χ0v) is 6.91. The van der Waals surface area contributed by atoms with Crippen molar-refractivity contribution in [1.82, 2.24) is 0 Å². The monoisotopic (exact) mass is 158 g/mol. The van der Waals surface area contributed by atoms with Gasteiger partial charge in [0.05, 0.1) is 12.1 Å². The van der Waals surface area contributed by atoms with E-state index in [0.717, 1.165) is 0 Å². The fourth-order valence-corrected chi connectivity index (χ4v) is 0.571. The third-order valence-corrected chi connectivity index (χ3v) is 1.25. The van der Waals surface area contributed by atoms with Crippen molar-refractivity contribution in [2.45, 2.75) is 20.3 Å². The number of nitrogens with zero attached hydrogens (tertiary/aromatic N) is 1. The summed E-state index contributed by atoms with van der Waals surface area (Å²) < 4.78 is 0. The molecule has 0 rings (SSSR count). The van der Waals surface area contributed by atoms with E-state index < -0.39 is 0 Å². The maximum Gasteiger partial charge on any atom is 0.226 e. The topological polar surface area (TPSA) is 64.7 Å². The van der Waals surface area contributed by atoms with Gasteiger partial charge in [0.1, 0.15) is 6.61 Å². The zero-order chi connectivity index (χ0) is 8.69. The normalized spacial score (nSPS) is 13.3. The zero-order valence-electron chi connectivity index (χ0n) is 6.91. The lowest BCUT2D eigenvalue weighted by Crippen LogP contribution is -2.23. The van der Waals surface area contributed by atoms with Gasteiger partial charge in [-0.15, -0.1) is 0 Å². The molecule has 4 heteroatoms. The van der Waals surface area contributed by atoms with Crippen molar-refractivity contribution in [2.24, 2.45) is 16.8 Å². The van der Waals surface area contributed by atoms with Gasteiger partial charge in [-0.05, 0) is 13.3 Å². The number of oxime groups is 1. The molecule has 0 saturated carbocycles. The Hall–Kier alpha value is -1.06. The molecular weight excluding hydrogens is 144 g/mol. The molecule has 1 unspecified atom stereocenters. The molecule has 0 aromatic carbocycles. The number of hydrogen-bond donors (Lipinski definition) is 1. The third kappa shape index (κ3) is 4.36. The first kappa shape index (κ1) is 9.94. The van der Waals surface area contributed by atoms with E-state index in [-0.39, 0.29) is 11.8 Å². The molecule has 0 aromatic rings. The molecule has 11 heavy (non-hydrogen) atoms. The minimum atomic E-state index is -0.365. The van der Waals surface area contributed by atoms with E-state index in [1.165, 1.54) is 6.21 Å². The molecule has 0 spiro atoms. The van der Waals surface area contributed by atoms with Crippen LogP contribution < -0.4 is 5.73 Å². The first-order valence-electron chi connectivity index (χ1n) is 3.67. The van der Waals surface area contributed by atoms with Crippen LogP contribution in [-0.4, -0.2) is 18.7 Å². The summed E-state index contributed by atoms with van der Waals surface area (Å²) in [5.74, 6) is -0.669. The summed E-state index contributed by atoms with van der Waals surface area (Å²) in [6.07, 6.45) is 2.09. The highest BCUT2D eigenvalue weighted by molar-refractivity contribution is 5.91. The van der Waals surface area contributed by atoms with Crippen LogP contribution in [0.5, 0.6) is 0 Å². The molecule has 0 saturated heterocycles. The SMILES string of the molecule is CCO/N=C/C(CC)C(N)=O. The molecular formula is C7H14N2O2. The summed E-state index contributed by atoms with van der Waals surface area (Å²) in [5.41, 5.74) is 5.04. The van der Waals surface area contributed by atoms with Crippen LogP contribution in [0.15, 0.2) is 5.16 Å². The molecule has 1 atom stereocenters. The van der Waals surface area contributed by atoms with Gasteiger partial charge >= 0.3 is 0 Å².